The Morgan fingerprint density at radius 3 is 2.74 bits per heavy atom. The van der Waals surface area contributed by atoms with Crippen molar-refractivity contribution in [2.24, 2.45) is 0 Å². The fourth-order valence-corrected chi connectivity index (χ4v) is 6.17. The summed E-state index contributed by atoms with van der Waals surface area (Å²) in [5.74, 6) is 6.18. The molecule has 2 aromatic heterocycles. The number of hydrogen-bond donors (Lipinski definition) is 2. The maximum Gasteiger partial charge on any atom is 0.243 e. The van der Waals surface area contributed by atoms with Gasteiger partial charge in [-0.15, -0.1) is 21.5 Å². The van der Waals surface area contributed by atoms with Crippen molar-refractivity contribution in [2.45, 2.75) is 22.9 Å². The lowest BCUT2D eigenvalue weighted by atomic mass is 10.3. The van der Waals surface area contributed by atoms with Gasteiger partial charge >= 0.3 is 0 Å². The van der Waals surface area contributed by atoms with Gasteiger partial charge in [0.05, 0.1) is 26.2 Å². The van der Waals surface area contributed by atoms with Gasteiger partial charge in [-0.3, -0.25) is 4.79 Å². The van der Waals surface area contributed by atoms with Crippen LogP contribution in [0, 0.1) is 0 Å². The minimum Gasteiger partial charge on any atom is -0.335 e. The fourth-order valence-electron chi connectivity index (χ4n) is 3.10. The van der Waals surface area contributed by atoms with Crippen LogP contribution in [0.4, 0.5) is 5.69 Å². The molecule has 3 heterocycles. The quantitative estimate of drug-likeness (QED) is 0.379. The third-order valence-corrected chi connectivity index (χ3v) is 8.69. The first-order valence-electron chi connectivity index (χ1n) is 9.33. The van der Waals surface area contributed by atoms with E-state index in [0.29, 0.717) is 24.1 Å². The van der Waals surface area contributed by atoms with Crippen molar-refractivity contribution in [1.29, 1.82) is 0 Å². The van der Waals surface area contributed by atoms with E-state index in [-0.39, 0.29) is 27.3 Å². The van der Waals surface area contributed by atoms with Gasteiger partial charge in [0, 0.05) is 13.1 Å². The Hall–Kier alpha value is -2.12. The van der Waals surface area contributed by atoms with E-state index in [9.17, 15) is 13.2 Å². The largest absolute Gasteiger partial charge is 0.335 e. The molecule has 164 valence electrons. The number of nitrogen functional groups attached to an aromatic ring is 1. The van der Waals surface area contributed by atoms with Gasteiger partial charge in [-0.05, 0) is 42.5 Å². The summed E-state index contributed by atoms with van der Waals surface area (Å²) in [4.78, 5) is 13.4. The van der Waals surface area contributed by atoms with Crippen LogP contribution in [0.5, 0.6) is 0 Å². The van der Waals surface area contributed by atoms with E-state index in [4.69, 9.17) is 17.4 Å². The number of amides is 1. The summed E-state index contributed by atoms with van der Waals surface area (Å²) in [5.41, 5.74) is 0.237. The SMILES string of the molecule is Nn1c(SCC(=O)Nc2cc(S(=O)(=O)N3CCCC3)ccc2Cl)nnc1-c1cccs1. The van der Waals surface area contributed by atoms with Gasteiger partial charge in [0.1, 0.15) is 0 Å². The van der Waals surface area contributed by atoms with Crippen LogP contribution in [0.25, 0.3) is 10.7 Å². The highest BCUT2D eigenvalue weighted by Gasteiger charge is 2.27. The number of rotatable bonds is 7. The Bertz CT molecular complexity index is 1190. The minimum atomic E-state index is -3.61. The van der Waals surface area contributed by atoms with E-state index in [2.05, 4.69) is 15.5 Å². The average Bonchev–Trinajstić information content (AvgIpc) is 3.50. The predicted molar refractivity (Wildman–Crippen MR) is 122 cm³/mol. The Labute approximate surface area is 192 Å². The lowest BCUT2D eigenvalue weighted by molar-refractivity contribution is -0.113. The maximum atomic E-state index is 12.8. The highest BCUT2D eigenvalue weighted by Crippen LogP contribution is 2.29. The highest BCUT2D eigenvalue weighted by atomic mass is 35.5. The van der Waals surface area contributed by atoms with E-state index in [1.54, 1.807) is 0 Å². The zero-order valence-corrected chi connectivity index (χ0v) is 19.4. The topological polar surface area (TPSA) is 123 Å². The van der Waals surface area contributed by atoms with E-state index < -0.39 is 10.0 Å². The molecule has 0 spiro atoms. The Balaban J connectivity index is 1.43. The lowest BCUT2D eigenvalue weighted by Gasteiger charge is -2.16. The van der Waals surface area contributed by atoms with Crippen LogP contribution in [-0.2, 0) is 14.8 Å². The number of hydrogen-bond acceptors (Lipinski definition) is 8. The number of thioether (sulfide) groups is 1. The summed E-state index contributed by atoms with van der Waals surface area (Å²) in [6, 6.07) is 8.07. The fraction of sp³-hybridized carbons (Fsp3) is 0.278. The van der Waals surface area contributed by atoms with Crippen LogP contribution < -0.4 is 11.2 Å². The van der Waals surface area contributed by atoms with Crippen LogP contribution in [0.15, 0.2) is 45.8 Å². The number of thiophene rings is 1. The van der Waals surface area contributed by atoms with E-state index in [0.717, 1.165) is 29.5 Å². The Morgan fingerprint density at radius 2 is 2.03 bits per heavy atom. The molecule has 1 saturated heterocycles. The summed E-state index contributed by atoms with van der Waals surface area (Å²) in [5, 5.41) is 13.3. The van der Waals surface area contributed by atoms with Crippen LogP contribution in [0.1, 0.15) is 12.8 Å². The molecule has 0 unspecified atom stereocenters. The number of aromatic nitrogens is 3. The average molecular weight is 499 g/mol. The zero-order valence-electron chi connectivity index (χ0n) is 16.2. The second-order valence-electron chi connectivity index (χ2n) is 6.74. The first kappa shape index (κ1) is 22.1. The van der Waals surface area contributed by atoms with Gasteiger partial charge in [0.15, 0.2) is 5.82 Å². The molecular formula is C18H19ClN6O3S3. The molecule has 1 fully saturated rings. The van der Waals surface area contributed by atoms with E-state index in [1.165, 1.54) is 38.5 Å². The maximum absolute atomic E-state index is 12.8. The van der Waals surface area contributed by atoms with Crippen LogP contribution >= 0.6 is 34.7 Å². The molecular weight excluding hydrogens is 480 g/mol. The molecule has 0 aliphatic carbocycles. The highest BCUT2D eigenvalue weighted by molar-refractivity contribution is 7.99. The molecule has 0 radical (unpaired) electrons. The van der Waals surface area contributed by atoms with Crippen LogP contribution in [0.2, 0.25) is 5.02 Å². The number of carbonyl (C=O) groups excluding carboxylic acids is 1. The van der Waals surface area contributed by atoms with Crippen molar-refractivity contribution in [3.05, 3.63) is 40.7 Å². The predicted octanol–water partition coefficient (Wildman–Crippen LogP) is 2.89. The number of nitrogens with zero attached hydrogens (tertiary/aromatic N) is 4. The Morgan fingerprint density at radius 1 is 1.26 bits per heavy atom. The first-order chi connectivity index (χ1) is 14.9. The molecule has 4 rings (SSSR count). The number of nitrogens with two attached hydrogens (primary N) is 1. The molecule has 9 nitrogen and oxygen atoms in total. The van der Waals surface area contributed by atoms with Crippen LogP contribution in [-0.4, -0.2) is 52.3 Å². The number of benzene rings is 1. The van der Waals surface area contributed by atoms with E-state index >= 15 is 0 Å². The van der Waals surface area contributed by atoms with Gasteiger partial charge in [0.25, 0.3) is 0 Å². The number of carbonyl (C=O) groups is 1. The minimum absolute atomic E-state index is 0.000788. The molecule has 0 bridgehead atoms. The zero-order chi connectivity index (χ0) is 22.0. The molecule has 13 heteroatoms. The number of sulfonamides is 1. The standard InChI is InChI=1S/C18H19ClN6O3S3/c19-13-6-5-12(31(27,28)24-7-1-2-8-24)10-14(13)21-16(26)11-30-18-23-22-17(25(18)20)15-4-3-9-29-15/h3-6,9-10H,1-2,7-8,11,20H2,(H,21,26). The summed E-state index contributed by atoms with van der Waals surface area (Å²) in [7, 11) is -3.61. The Kier molecular flexibility index (Phi) is 6.53. The molecule has 1 aliphatic heterocycles. The van der Waals surface area contributed by atoms with E-state index in [1.807, 2.05) is 17.5 Å². The number of nitrogens with one attached hydrogen (secondary N) is 1. The number of anilines is 1. The third-order valence-electron chi connectivity index (χ3n) is 4.65. The normalized spacial score (nSPS) is 14.7. The van der Waals surface area contributed by atoms with Crippen molar-refractivity contribution in [2.75, 3.05) is 30.0 Å². The molecule has 0 saturated carbocycles. The van der Waals surface area contributed by atoms with Crippen molar-refractivity contribution < 1.29 is 13.2 Å². The molecule has 31 heavy (non-hydrogen) atoms. The summed E-state index contributed by atoms with van der Waals surface area (Å²) < 4.78 is 28.3. The van der Waals surface area contributed by atoms with Gasteiger partial charge in [-0.1, -0.05) is 29.4 Å². The lowest BCUT2D eigenvalue weighted by Crippen LogP contribution is -2.28. The molecule has 1 aromatic carbocycles. The summed E-state index contributed by atoms with van der Waals surface area (Å²) >= 11 is 8.78. The molecule has 1 amide bonds. The van der Waals surface area contributed by atoms with Crippen LogP contribution in [0.3, 0.4) is 0 Å². The monoisotopic (exact) mass is 498 g/mol. The second-order valence-corrected chi connectivity index (χ2v) is 11.0. The molecule has 3 N–H and O–H groups in total. The van der Waals surface area contributed by atoms with Gasteiger partial charge in [-0.2, -0.15) is 4.31 Å². The number of halogens is 1. The molecule has 0 atom stereocenters. The van der Waals surface area contributed by atoms with Gasteiger partial charge < -0.3 is 11.2 Å². The van der Waals surface area contributed by atoms with Crippen molar-refractivity contribution in [3.8, 4) is 10.7 Å². The first-order valence-corrected chi connectivity index (χ1v) is 13.0. The summed E-state index contributed by atoms with van der Waals surface area (Å²) in [6.45, 7) is 0.993. The third kappa shape index (κ3) is 4.72. The van der Waals surface area contributed by atoms with Gasteiger partial charge in [-0.25, -0.2) is 13.1 Å². The molecule has 3 aromatic rings. The smallest absolute Gasteiger partial charge is 0.243 e. The van der Waals surface area contributed by atoms with Gasteiger partial charge in [0.2, 0.25) is 21.1 Å². The van der Waals surface area contributed by atoms with Crippen molar-refractivity contribution in [1.82, 2.24) is 19.2 Å². The summed E-state index contributed by atoms with van der Waals surface area (Å²) in [6.07, 6.45) is 1.68. The van der Waals surface area contributed by atoms with Crippen molar-refractivity contribution in [3.63, 3.8) is 0 Å². The second kappa shape index (κ2) is 9.17. The van der Waals surface area contributed by atoms with Crippen molar-refractivity contribution >= 4 is 56.3 Å². The molecule has 1 aliphatic rings.